The molecule has 0 aliphatic heterocycles. The highest BCUT2D eigenvalue weighted by atomic mass is 35.5. The van der Waals surface area contributed by atoms with Gasteiger partial charge in [0.2, 0.25) is 5.91 Å². The molecule has 1 aromatic heterocycles. The quantitative estimate of drug-likeness (QED) is 0.680. The van der Waals surface area contributed by atoms with Crippen LogP contribution < -0.4 is 10.9 Å². The number of amides is 1. The smallest absolute Gasteiger partial charge is 0.303 e. The van der Waals surface area contributed by atoms with Crippen LogP contribution in [-0.4, -0.2) is 28.1 Å². The molecule has 0 saturated heterocycles. The van der Waals surface area contributed by atoms with Gasteiger partial charge in [0.05, 0.1) is 5.02 Å². The predicted molar refractivity (Wildman–Crippen MR) is 84.2 cm³/mol. The molecule has 0 radical (unpaired) electrons. The molecule has 0 bridgehead atoms. The Labute approximate surface area is 134 Å². The number of carboxylic acid groups (broad SMARTS) is 1. The van der Waals surface area contributed by atoms with Crippen LogP contribution in [0.1, 0.15) is 45.1 Å². The van der Waals surface area contributed by atoms with E-state index in [2.05, 4.69) is 5.32 Å². The van der Waals surface area contributed by atoms with Crippen molar-refractivity contribution in [2.75, 3.05) is 6.54 Å². The highest BCUT2D eigenvalue weighted by molar-refractivity contribution is 6.30. The van der Waals surface area contributed by atoms with Crippen LogP contribution >= 0.6 is 11.6 Å². The zero-order chi connectivity index (χ0) is 16.5. The number of hydrogen-bond acceptors (Lipinski definition) is 3. The Hall–Kier alpha value is -1.82. The molecular weight excluding hydrogens is 308 g/mol. The Morgan fingerprint density at radius 2 is 2.05 bits per heavy atom. The highest BCUT2D eigenvalue weighted by Gasteiger charge is 2.19. The van der Waals surface area contributed by atoms with Gasteiger partial charge in [-0.25, -0.2) is 0 Å². The molecule has 1 heterocycles. The van der Waals surface area contributed by atoms with Crippen LogP contribution in [0.15, 0.2) is 23.1 Å². The Morgan fingerprint density at radius 1 is 1.32 bits per heavy atom. The summed E-state index contributed by atoms with van der Waals surface area (Å²) >= 11 is 5.87. The molecule has 7 heteroatoms. The van der Waals surface area contributed by atoms with Crippen LogP contribution in [0.25, 0.3) is 0 Å². The van der Waals surface area contributed by atoms with Crippen LogP contribution in [-0.2, 0) is 9.59 Å². The van der Waals surface area contributed by atoms with Gasteiger partial charge < -0.3 is 15.0 Å². The van der Waals surface area contributed by atoms with Gasteiger partial charge in [-0.15, -0.1) is 0 Å². The van der Waals surface area contributed by atoms with Crippen molar-refractivity contribution < 1.29 is 14.7 Å². The molecule has 6 nitrogen and oxygen atoms in total. The molecule has 0 aliphatic carbocycles. The lowest BCUT2D eigenvalue weighted by molar-refractivity contribution is -0.137. The Morgan fingerprint density at radius 3 is 2.68 bits per heavy atom. The van der Waals surface area contributed by atoms with E-state index in [4.69, 9.17) is 16.7 Å². The number of aliphatic carboxylic acids is 1. The molecular formula is C15H21ClN2O4. The van der Waals surface area contributed by atoms with Crippen molar-refractivity contribution in [1.29, 1.82) is 0 Å². The molecule has 22 heavy (non-hydrogen) atoms. The van der Waals surface area contributed by atoms with Crippen LogP contribution in [0.3, 0.4) is 0 Å². The molecule has 0 fully saturated rings. The van der Waals surface area contributed by atoms with Crippen molar-refractivity contribution >= 4 is 23.5 Å². The highest BCUT2D eigenvalue weighted by Crippen LogP contribution is 2.12. The summed E-state index contributed by atoms with van der Waals surface area (Å²) in [6.07, 6.45) is 4.12. The standard InChI is InChI=1S/C15H21ClN2O4/c1-2-12(18-10-11(16)7-8-13(18)19)15(22)17-9-5-3-4-6-14(20)21/h7-8,10,12H,2-6,9H2,1H3,(H,17,22)(H,20,21). The summed E-state index contributed by atoms with van der Waals surface area (Å²) in [6.45, 7) is 2.29. The fraction of sp³-hybridized carbons (Fsp3) is 0.533. The molecule has 1 rings (SSSR count). The number of pyridine rings is 1. The van der Waals surface area contributed by atoms with E-state index in [1.54, 1.807) is 0 Å². The van der Waals surface area contributed by atoms with Gasteiger partial charge in [-0.1, -0.05) is 24.9 Å². The number of aromatic nitrogens is 1. The number of carbonyl (C=O) groups is 2. The fourth-order valence-electron chi connectivity index (χ4n) is 2.14. The zero-order valence-corrected chi connectivity index (χ0v) is 13.3. The molecule has 0 aromatic carbocycles. The third-order valence-electron chi connectivity index (χ3n) is 3.29. The summed E-state index contributed by atoms with van der Waals surface area (Å²) in [7, 11) is 0. The topological polar surface area (TPSA) is 88.4 Å². The molecule has 2 N–H and O–H groups in total. The van der Waals surface area contributed by atoms with Gasteiger partial charge in [0, 0.05) is 25.2 Å². The Kier molecular flexibility index (Phi) is 7.66. The first-order valence-corrected chi connectivity index (χ1v) is 7.70. The molecule has 0 spiro atoms. The molecule has 1 amide bonds. The third kappa shape index (κ3) is 5.89. The van der Waals surface area contributed by atoms with E-state index < -0.39 is 12.0 Å². The average Bonchev–Trinajstić information content (AvgIpc) is 2.46. The van der Waals surface area contributed by atoms with Crippen LogP contribution in [0.4, 0.5) is 0 Å². The first kappa shape index (κ1) is 18.2. The second-order valence-electron chi connectivity index (χ2n) is 5.01. The number of hydrogen-bond donors (Lipinski definition) is 2. The van der Waals surface area contributed by atoms with Gasteiger partial charge in [0.25, 0.3) is 5.56 Å². The lowest BCUT2D eigenvalue weighted by Gasteiger charge is -2.18. The summed E-state index contributed by atoms with van der Waals surface area (Å²) in [6, 6.07) is 2.24. The lowest BCUT2D eigenvalue weighted by Crippen LogP contribution is -2.37. The van der Waals surface area contributed by atoms with Crippen molar-refractivity contribution in [1.82, 2.24) is 9.88 Å². The SMILES string of the molecule is CCC(C(=O)NCCCCCC(=O)O)n1cc(Cl)ccc1=O. The van der Waals surface area contributed by atoms with Crippen molar-refractivity contribution in [2.24, 2.45) is 0 Å². The number of nitrogens with zero attached hydrogens (tertiary/aromatic N) is 1. The second-order valence-corrected chi connectivity index (χ2v) is 5.45. The summed E-state index contributed by atoms with van der Waals surface area (Å²) < 4.78 is 1.34. The predicted octanol–water partition coefficient (Wildman–Crippen LogP) is 2.21. The number of rotatable bonds is 9. The van der Waals surface area contributed by atoms with E-state index in [1.165, 1.54) is 22.9 Å². The van der Waals surface area contributed by atoms with Gasteiger partial charge in [0.1, 0.15) is 6.04 Å². The van der Waals surface area contributed by atoms with Gasteiger partial charge in [-0.2, -0.15) is 0 Å². The third-order valence-corrected chi connectivity index (χ3v) is 3.52. The zero-order valence-electron chi connectivity index (χ0n) is 12.5. The van der Waals surface area contributed by atoms with Crippen molar-refractivity contribution in [3.63, 3.8) is 0 Å². The molecule has 122 valence electrons. The van der Waals surface area contributed by atoms with E-state index in [0.29, 0.717) is 30.8 Å². The van der Waals surface area contributed by atoms with E-state index in [1.807, 2.05) is 6.92 Å². The van der Waals surface area contributed by atoms with E-state index in [9.17, 15) is 14.4 Å². The van der Waals surface area contributed by atoms with Gasteiger partial charge in [-0.05, 0) is 25.3 Å². The number of carboxylic acids is 1. The monoisotopic (exact) mass is 328 g/mol. The summed E-state index contributed by atoms with van der Waals surface area (Å²) in [5.74, 6) is -1.04. The maximum atomic E-state index is 12.2. The van der Waals surface area contributed by atoms with Gasteiger partial charge in [0.15, 0.2) is 0 Å². The van der Waals surface area contributed by atoms with Crippen LogP contribution in [0.5, 0.6) is 0 Å². The molecule has 1 aromatic rings. The normalized spacial score (nSPS) is 11.9. The van der Waals surface area contributed by atoms with E-state index >= 15 is 0 Å². The fourth-order valence-corrected chi connectivity index (χ4v) is 2.30. The van der Waals surface area contributed by atoms with Crippen LogP contribution in [0.2, 0.25) is 5.02 Å². The summed E-state index contributed by atoms with van der Waals surface area (Å²) in [4.78, 5) is 34.4. The van der Waals surface area contributed by atoms with Crippen LogP contribution in [0, 0.1) is 0 Å². The lowest BCUT2D eigenvalue weighted by atomic mass is 10.1. The molecule has 1 atom stereocenters. The number of unbranched alkanes of at least 4 members (excludes halogenated alkanes) is 2. The largest absolute Gasteiger partial charge is 0.481 e. The van der Waals surface area contributed by atoms with Gasteiger partial charge in [-0.3, -0.25) is 14.4 Å². The van der Waals surface area contributed by atoms with Crippen molar-refractivity contribution in [3.05, 3.63) is 33.7 Å². The first-order chi connectivity index (χ1) is 10.5. The Balaban J connectivity index is 2.50. The number of halogens is 1. The molecule has 0 saturated carbocycles. The first-order valence-electron chi connectivity index (χ1n) is 7.33. The summed E-state index contributed by atoms with van der Waals surface area (Å²) in [5, 5.41) is 11.7. The average molecular weight is 329 g/mol. The minimum Gasteiger partial charge on any atom is -0.481 e. The maximum absolute atomic E-state index is 12.2. The minimum absolute atomic E-state index is 0.142. The van der Waals surface area contributed by atoms with Crippen molar-refractivity contribution in [2.45, 2.75) is 45.1 Å². The molecule has 0 aliphatic rings. The second kappa shape index (κ2) is 9.25. The number of nitrogens with one attached hydrogen (secondary N) is 1. The minimum atomic E-state index is -0.810. The molecule has 1 unspecified atom stereocenters. The van der Waals surface area contributed by atoms with Crippen molar-refractivity contribution in [3.8, 4) is 0 Å². The Bertz CT molecular complexity index is 571. The van der Waals surface area contributed by atoms with E-state index in [-0.39, 0.29) is 17.9 Å². The van der Waals surface area contributed by atoms with E-state index in [0.717, 1.165) is 6.42 Å². The van der Waals surface area contributed by atoms with Gasteiger partial charge >= 0.3 is 5.97 Å². The summed E-state index contributed by atoms with van der Waals surface area (Å²) in [5.41, 5.74) is -0.271. The maximum Gasteiger partial charge on any atom is 0.303 e. The number of carbonyl (C=O) groups excluding carboxylic acids is 1.